The summed E-state index contributed by atoms with van der Waals surface area (Å²) in [6.07, 6.45) is 1.15. The summed E-state index contributed by atoms with van der Waals surface area (Å²) in [5, 5.41) is 10.3. The number of ether oxygens (including phenoxy) is 2. The van der Waals surface area contributed by atoms with Gasteiger partial charge in [-0.05, 0) is 56.2 Å². The Balaban J connectivity index is 1.37. The maximum Gasteiger partial charge on any atom is 0.308 e. The molecule has 1 atom stereocenters. The van der Waals surface area contributed by atoms with Gasteiger partial charge in [-0.25, -0.2) is 0 Å². The van der Waals surface area contributed by atoms with Crippen LogP contribution in [0.2, 0.25) is 0 Å². The molecule has 0 amide bonds. The molecule has 0 spiro atoms. The third kappa shape index (κ3) is 7.65. The van der Waals surface area contributed by atoms with Gasteiger partial charge in [0.25, 0.3) is 0 Å². The molecule has 0 bridgehead atoms. The van der Waals surface area contributed by atoms with Gasteiger partial charge in [0.2, 0.25) is 0 Å². The molecule has 0 saturated carbocycles. The molecule has 6 heteroatoms. The van der Waals surface area contributed by atoms with Crippen molar-refractivity contribution >= 4 is 5.97 Å². The number of carbonyl (C=O) groups excluding carboxylic acids is 1. The lowest BCUT2D eigenvalue weighted by atomic mass is 9.96. The molecule has 1 fully saturated rings. The number of esters is 1. The van der Waals surface area contributed by atoms with E-state index < -0.39 is 6.10 Å². The Morgan fingerprint density at radius 2 is 1.77 bits per heavy atom. The molecule has 1 heterocycles. The number of likely N-dealkylation sites (tertiary alicyclic amines) is 1. The number of benzene rings is 2. The van der Waals surface area contributed by atoms with Gasteiger partial charge >= 0.3 is 5.97 Å². The fourth-order valence-corrected chi connectivity index (χ4v) is 4.01. The fraction of sp³-hybridized carbons (Fsp3) is 0.480. The van der Waals surface area contributed by atoms with Crippen molar-refractivity contribution in [1.82, 2.24) is 9.80 Å². The van der Waals surface area contributed by atoms with Crippen LogP contribution in [0.3, 0.4) is 0 Å². The fourth-order valence-electron chi connectivity index (χ4n) is 4.01. The Kier molecular flexibility index (Phi) is 8.88. The van der Waals surface area contributed by atoms with Crippen molar-refractivity contribution < 1.29 is 19.4 Å². The Morgan fingerprint density at radius 3 is 2.42 bits per heavy atom. The van der Waals surface area contributed by atoms with E-state index in [1.807, 2.05) is 37.4 Å². The number of likely N-dealkylation sites (N-methyl/N-ethyl adjacent to an activating group) is 1. The van der Waals surface area contributed by atoms with Crippen molar-refractivity contribution in [2.75, 3.05) is 40.4 Å². The molecule has 0 unspecified atom stereocenters. The highest BCUT2D eigenvalue weighted by molar-refractivity contribution is 5.72. The number of methoxy groups -OCH3 is 1. The van der Waals surface area contributed by atoms with Crippen LogP contribution in [0.5, 0.6) is 5.75 Å². The Bertz CT molecular complexity index is 789. The van der Waals surface area contributed by atoms with E-state index in [0.717, 1.165) is 44.8 Å². The van der Waals surface area contributed by atoms with Crippen LogP contribution in [0, 0.1) is 5.92 Å². The average Bonchev–Trinajstić information content (AvgIpc) is 2.79. The van der Waals surface area contributed by atoms with Crippen molar-refractivity contribution in [3.05, 3.63) is 65.7 Å². The van der Waals surface area contributed by atoms with Crippen LogP contribution >= 0.6 is 0 Å². The number of nitrogens with zero attached hydrogens (tertiary/aromatic N) is 2. The van der Waals surface area contributed by atoms with Gasteiger partial charge in [-0.3, -0.25) is 14.6 Å². The van der Waals surface area contributed by atoms with E-state index in [1.165, 1.54) is 18.2 Å². The Labute approximate surface area is 185 Å². The van der Waals surface area contributed by atoms with Crippen LogP contribution in [0.4, 0.5) is 0 Å². The third-order valence-electron chi connectivity index (χ3n) is 5.71. The molecule has 3 rings (SSSR count). The van der Waals surface area contributed by atoms with E-state index in [2.05, 4.69) is 34.1 Å². The summed E-state index contributed by atoms with van der Waals surface area (Å²) in [5.41, 5.74) is 2.44. The molecule has 0 aliphatic carbocycles. The van der Waals surface area contributed by atoms with Gasteiger partial charge in [-0.2, -0.15) is 0 Å². The van der Waals surface area contributed by atoms with Crippen LogP contribution in [0.1, 0.15) is 24.0 Å². The molecule has 1 aliphatic rings. The minimum Gasteiger partial charge on any atom is -0.491 e. The second kappa shape index (κ2) is 11.8. The van der Waals surface area contributed by atoms with Crippen LogP contribution < -0.4 is 4.74 Å². The Morgan fingerprint density at radius 1 is 1.10 bits per heavy atom. The van der Waals surface area contributed by atoms with Crippen LogP contribution in [-0.4, -0.2) is 67.4 Å². The number of piperidine rings is 1. The molecule has 6 nitrogen and oxygen atoms in total. The lowest BCUT2D eigenvalue weighted by Gasteiger charge is -2.30. The number of aliphatic hydroxyl groups excluding tert-OH is 1. The summed E-state index contributed by atoms with van der Waals surface area (Å²) < 4.78 is 10.6. The molecule has 0 aromatic heterocycles. The van der Waals surface area contributed by atoms with E-state index >= 15 is 0 Å². The largest absolute Gasteiger partial charge is 0.491 e. The second-order valence-corrected chi connectivity index (χ2v) is 8.36. The highest BCUT2D eigenvalue weighted by Crippen LogP contribution is 2.21. The minimum absolute atomic E-state index is 0.0372. The molecule has 1 N–H and O–H groups in total. The lowest BCUT2D eigenvalue weighted by Crippen LogP contribution is -2.36. The van der Waals surface area contributed by atoms with Crippen LogP contribution in [0.25, 0.3) is 0 Å². The zero-order chi connectivity index (χ0) is 22.1. The van der Waals surface area contributed by atoms with Gasteiger partial charge in [0.15, 0.2) is 0 Å². The van der Waals surface area contributed by atoms with Crippen molar-refractivity contribution in [3.63, 3.8) is 0 Å². The van der Waals surface area contributed by atoms with Gasteiger partial charge in [-0.1, -0.05) is 42.5 Å². The van der Waals surface area contributed by atoms with Gasteiger partial charge < -0.3 is 14.6 Å². The standard InChI is InChI=1S/C25H34N2O4/c1-26(16-20-6-4-3-5-7-20)18-23(28)19-31-24-10-8-21(9-11-24)17-27-14-12-22(13-15-27)25(29)30-2/h3-11,22-23,28H,12-19H2,1-2H3/t23-/m0/s1. The monoisotopic (exact) mass is 426 g/mol. The van der Waals surface area contributed by atoms with Crippen molar-refractivity contribution in [2.24, 2.45) is 5.92 Å². The molecular formula is C25H34N2O4. The first kappa shape index (κ1) is 23.3. The summed E-state index contributed by atoms with van der Waals surface area (Å²) in [7, 11) is 3.46. The van der Waals surface area contributed by atoms with E-state index in [0.29, 0.717) is 6.54 Å². The summed E-state index contributed by atoms with van der Waals surface area (Å²) >= 11 is 0. The van der Waals surface area contributed by atoms with E-state index in [-0.39, 0.29) is 18.5 Å². The third-order valence-corrected chi connectivity index (χ3v) is 5.71. The van der Waals surface area contributed by atoms with E-state index in [9.17, 15) is 9.90 Å². The van der Waals surface area contributed by atoms with E-state index in [1.54, 1.807) is 0 Å². The smallest absolute Gasteiger partial charge is 0.308 e. The van der Waals surface area contributed by atoms with Crippen molar-refractivity contribution in [1.29, 1.82) is 0 Å². The van der Waals surface area contributed by atoms with Gasteiger partial charge in [0, 0.05) is 19.6 Å². The number of aliphatic hydroxyl groups is 1. The Hall–Kier alpha value is -2.41. The zero-order valence-corrected chi connectivity index (χ0v) is 18.6. The molecule has 1 aliphatic heterocycles. The highest BCUT2D eigenvalue weighted by Gasteiger charge is 2.25. The highest BCUT2D eigenvalue weighted by atomic mass is 16.5. The predicted molar refractivity (Wildman–Crippen MR) is 121 cm³/mol. The molecule has 1 saturated heterocycles. The number of hydrogen-bond acceptors (Lipinski definition) is 6. The van der Waals surface area contributed by atoms with Crippen LogP contribution in [0.15, 0.2) is 54.6 Å². The number of rotatable bonds is 10. The van der Waals surface area contributed by atoms with E-state index in [4.69, 9.17) is 9.47 Å². The first-order valence-corrected chi connectivity index (χ1v) is 11.0. The van der Waals surface area contributed by atoms with Gasteiger partial charge in [0.05, 0.1) is 13.0 Å². The SMILES string of the molecule is COC(=O)C1CCN(Cc2ccc(OC[C@@H](O)CN(C)Cc3ccccc3)cc2)CC1. The first-order chi connectivity index (χ1) is 15.0. The average molecular weight is 427 g/mol. The number of carbonyl (C=O) groups is 1. The second-order valence-electron chi connectivity index (χ2n) is 8.36. The predicted octanol–water partition coefficient (Wildman–Crippen LogP) is 2.94. The molecular weight excluding hydrogens is 392 g/mol. The lowest BCUT2D eigenvalue weighted by molar-refractivity contribution is -0.147. The maximum absolute atomic E-state index is 11.6. The maximum atomic E-state index is 11.6. The molecule has 31 heavy (non-hydrogen) atoms. The zero-order valence-electron chi connectivity index (χ0n) is 18.6. The summed E-state index contributed by atoms with van der Waals surface area (Å²) in [5.74, 6) is 0.711. The molecule has 168 valence electrons. The molecule has 0 radical (unpaired) electrons. The number of hydrogen-bond donors (Lipinski definition) is 1. The van der Waals surface area contributed by atoms with Gasteiger partial charge in [0.1, 0.15) is 18.5 Å². The molecule has 2 aromatic rings. The van der Waals surface area contributed by atoms with Crippen molar-refractivity contribution in [3.8, 4) is 5.75 Å². The summed E-state index contributed by atoms with van der Waals surface area (Å²) in [6.45, 7) is 4.28. The minimum atomic E-state index is -0.551. The van der Waals surface area contributed by atoms with Crippen molar-refractivity contribution in [2.45, 2.75) is 32.0 Å². The summed E-state index contributed by atoms with van der Waals surface area (Å²) in [4.78, 5) is 16.1. The topological polar surface area (TPSA) is 62.2 Å². The normalized spacial score (nSPS) is 16.3. The molecule has 2 aromatic carbocycles. The van der Waals surface area contributed by atoms with Gasteiger partial charge in [-0.15, -0.1) is 0 Å². The summed E-state index contributed by atoms with van der Waals surface area (Å²) in [6, 6.07) is 18.3. The quantitative estimate of drug-likeness (QED) is 0.590. The van der Waals surface area contributed by atoms with Crippen LogP contribution in [-0.2, 0) is 22.6 Å². The first-order valence-electron chi connectivity index (χ1n) is 11.0.